The fourth-order valence-electron chi connectivity index (χ4n) is 4.65. The molecule has 5 rings (SSSR count). The van der Waals surface area contributed by atoms with Crippen LogP contribution in [0.2, 0.25) is 10.0 Å². The van der Waals surface area contributed by atoms with Gasteiger partial charge in [-0.1, -0.05) is 59.6 Å². The predicted octanol–water partition coefficient (Wildman–Crippen LogP) is 5.75. The highest BCUT2D eigenvalue weighted by molar-refractivity contribution is 8.01. The van der Waals surface area contributed by atoms with Crippen LogP contribution in [-0.2, 0) is 31.7 Å². The lowest BCUT2D eigenvalue weighted by Crippen LogP contribution is -2.41. The number of hydrogen-bond acceptors (Lipinski definition) is 8. The number of rotatable bonds is 13. The van der Waals surface area contributed by atoms with Crippen molar-refractivity contribution >= 4 is 51.0 Å². The lowest BCUT2D eigenvalue weighted by Gasteiger charge is -2.26. The van der Waals surface area contributed by atoms with Gasteiger partial charge in [-0.15, -0.1) is 11.8 Å². The number of aromatic nitrogens is 1. The summed E-state index contributed by atoms with van der Waals surface area (Å²) in [5.74, 6) is -0.612. The van der Waals surface area contributed by atoms with Crippen molar-refractivity contribution in [2.45, 2.75) is 43.1 Å². The number of thioether (sulfide) groups is 1. The number of alkyl halides is 2. The number of hydrogen-bond donors (Lipinski definition) is 0. The zero-order chi connectivity index (χ0) is 31.4. The van der Waals surface area contributed by atoms with Crippen molar-refractivity contribution in [2.75, 3.05) is 18.9 Å². The van der Waals surface area contributed by atoms with E-state index in [1.807, 2.05) is 0 Å². The van der Waals surface area contributed by atoms with E-state index in [0.29, 0.717) is 39.7 Å². The lowest BCUT2D eigenvalue weighted by atomic mass is 10.0. The van der Waals surface area contributed by atoms with Crippen molar-refractivity contribution < 1.29 is 40.9 Å². The normalized spacial score (nSPS) is 17.9. The van der Waals surface area contributed by atoms with Gasteiger partial charge in [-0.05, 0) is 42.0 Å². The average molecular weight is 690 g/mol. The summed E-state index contributed by atoms with van der Waals surface area (Å²) in [6.07, 6.45) is 2.86. The van der Waals surface area contributed by atoms with Crippen molar-refractivity contribution in [3.05, 3.63) is 92.9 Å². The molecule has 1 aliphatic heterocycles. The molecule has 0 amide bonds. The average Bonchev–Trinajstić information content (AvgIpc) is 3.65. The first-order chi connectivity index (χ1) is 21.0. The van der Waals surface area contributed by atoms with Crippen molar-refractivity contribution in [1.82, 2.24) is 4.31 Å². The van der Waals surface area contributed by atoms with Crippen LogP contribution >= 0.6 is 35.0 Å². The third-order valence-electron chi connectivity index (χ3n) is 7.03. The first-order valence-electron chi connectivity index (χ1n) is 13.6. The Kier molecular flexibility index (Phi) is 10.4. The lowest BCUT2D eigenvalue weighted by molar-refractivity contribution is -0.605. The first-order valence-corrected chi connectivity index (χ1v) is 17.1. The Morgan fingerprint density at radius 3 is 2.45 bits per heavy atom. The Morgan fingerprint density at radius 1 is 1.09 bits per heavy atom. The number of carbonyl (C=O) groups is 1. The number of pyridine rings is 1. The molecule has 15 heteroatoms. The zero-order valence-electron chi connectivity index (χ0n) is 23.1. The van der Waals surface area contributed by atoms with Gasteiger partial charge in [0.25, 0.3) is 0 Å². The highest BCUT2D eigenvalue weighted by Gasteiger charge is 2.41. The molecule has 2 atom stereocenters. The largest absolute Gasteiger partial charge is 0.619 e. The molecule has 0 bridgehead atoms. The van der Waals surface area contributed by atoms with Crippen LogP contribution in [0.1, 0.15) is 35.6 Å². The Morgan fingerprint density at radius 2 is 1.80 bits per heavy atom. The minimum absolute atomic E-state index is 0.0127. The van der Waals surface area contributed by atoms with E-state index in [9.17, 15) is 27.2 Å². The maximum Gasteiger partial charge on any atom is 0.387 e. The summed E-state index contributed by atoms with van der Waals surface area (Å²) in [6.45, 7) is -2.69. The third kappa shape index (κ3) is 8.25. The smallest absolute Gasteiger partial charge is 0.387 e. The van der Waals surface area contributed by atoms with Gasteiger partial charge in [0.1, 0.15) is 16.1 Å². The van der Waals surface area contributed by atoms with Crippen LogP contribution < -0.4 is 14.2 Å². The molecule has 2 aliphatic rings. The molecule has 44 heavy (non-hydrogen) atoms. The monoisotopic (exact) mass is 688 g/mol. The Hall–Kier alpha value is -2.84. The number of ether oxygens (including phenoxy) is 3. The summed E-state index contributed by atoms with van der Waals surface area (Å²) < 4.78 is 70.9. The molecule has 1 aromatic heterocycles. The summed E-state index contributed by atoms with van der Waals surface area (Å²) in [5.41, 5.74) is 1.20. The van der Waals surface area contributed by atoms with Crippen LogP contribution in [0.25, 0.3) is 0 Å². The van der Waals surface area contributed by atoms with E-state index in [1.54, 1.807) is 30.3 Å². The number of halogens is 4. The molecule has 1 saturated heterocycles. The Labute approximate surface area is 267 Å². The van der Waals surface area contributed by atoms with Crippen LogP contribution in [0.3, 0.4) is 0 Å². The minimum Gasteiger partial charge on any atom is -0.619 e. The van der Waals surface area contributed by atoms with E-state index in [2.05, 4.69) is 4.74 Å². The quantitative estimate of drug-likeness (QED) is 0.127. The Balaban J connectivity index is 1.44. The van der Waals surface area contributed by atoms with Crippen LogP contribution in [0.4, 0.5) is 8.78 Å². The molecule has 2 heterocycles. The van der Waals surface area contributed by atoms with E-state index in [-0.39, 0.29) is 40.3 Å². The van der Waals surface area contributed by atoms with E-state index in [0.717, 1.165) is 41.3 Å². The molecular formula is C29H28Cl2F2N2O7S2. The maximum absolute atomic E-state index is 13.6. The molecule has 1 aliphatic carbocycles. The summed E-state index contributed by atoms with van der Waals surface area (Å²) in [5, 5.41) is 10.7. The Bertz CT molecular complexity index is 1570. The summed E-state index contributed by atoms with van der Waals surface area (Å²) in [4.78, 5) is 13.6. The van der Waals surface area contributed by atoms with E-state index >= 15 is 0 Å². The van der Waals surface area contributed by atoms with Gasteiger partial charge in [0.15, 0.2) is 29.3 Å². The number of sulfonamides is 1. The van der Waals surface area contributed by atoms with Gasteiger partial charge in [-0.25, -0.2) is 13.2 Å². The van der Waals surface area contributed by atoms with Crippen LogP contribution in [0, 0.1) is 11.1 Å². The van der Waals surface area contributed by atoms with Crippen LogP contribution in [0.5, 0.6) is 11.5 Å². The van der Waals surface area contributed by atoms with Gasteiger partial charge in [0.2, 0.25) is 10.0 Å². The summed E-state index contributed by atoms with van der Waals surface area (Å²) in [7, 11) is -3.89. The summed E-state index contributed by atoms with van der Waals surface area (Å²) >= 11 is 13.8. The molecular weight excluding hydrogens is 661 g/mol. The highest BCUT2D eigenvalue weighted by atomic mass is 35.5. The fourth-order valence-corrected chi connectivity index (χ4v) is 8.46. The van der Waals surface area contributed by atoms with Gasteiger partial charge in [0.05, 0.1) is 12.4 Å². The molecule has 2 fully saturated rings. The summed E-state index contributed by atoms with van der Waals surface area (Å²) in [6, 6.07) is 12.8. The maximum atomic E-state index is 13.6. The van der Waals surface area contributed by atoms with Gasteiger partial charge in [-0.3, -0.25) is 0 Å². The molecule has 0 unspecified atom stereocenters. The van der Waals surface area contributed by atoms with Gasteiger partial charge in [-0.2, -0.15) is 17.8 Å². The molecule has 236 valence electrons. The van der Waals surface area contributed by atoms with Crippen molar-refractivity contribution in [3.63, 3.8) is 0 Å². The van der Waals surface area contributed by atoms with E-state index < -0.39 is 34.1 Å². The van der Waals surface area contributed by atoms with Crippen LogP contribution in [-0.4, -0.2) is 49.6 Å². The SMILES string of the molecule is O=C(O[C@@H](Cc1c(Cl)c[n+]([O-])cc1Cl)c1ccc(OC(F)F)c(OCC2CC2)c1)[C@@H]1SCCN1S(=O)(=O)Cc1ccccc1. The van der Waals surface area contributed by atoms with E-state index in [4.69, 9.17) is 32.7 Å². The zero-order valence-corrected chi connectivity index (χ0v) is 26.3. The number of carbonyl (C=O) groups excluding carboxylic acids is 1. The van der Waals surface area contributed by atoms with Crippen molar-refractivity contribution in [2.24, 2.45) is 5.92 Å². The molecule has 0 spiro atoms. The third-order valence-corrected chi connectivity index (χ3v) is 10.8. The number of nitrogens with zero attached hydrogens (tertiary/aromatic N) is 2. The molecule has 1 saturated carbocycles. The van der Waals surface area contributed by atoms with Gasteiger partial charge < -0.3 is 19.4 Å². The molecule has 3 aromatic rings. The second kappa shape index (κ2) is 14.1. The molecule has 0 N–H and O–H groups in total. The molecule has 2 aromatic carbocycles. The predicted molar refractivity (Wildman–Crippen MR) is 161 cm³/mol. The fraction of sp³-hybridized carbons (Fsp3) is 0.379. The number of benzene rings is 2. The molecule has 9 nitrogen and oxygen atoms in total. The first kappa shape index (κ1) is 32.6. The minimum atomic E-state index is -3.89. The van der Waals surface area contributed by atoms with Crippen molar-refractivity contribution in [3.8, 4) is 11.5 Å². The van der Waals surface area contributed by atoms with Crippen LogP contribution in [0.15, 0.2) is 60.9 Å². The highest BCUT2D eigenvalue weighted by Crippen LogP contribution is 2.39. The van der Waals surface area contributed by atoms with Crippen molar-refractivity contribution in [1.29, 1.82) is 0 Å². The molecule has 0 radical (unpaired) electrons. The number of esters is 1. The van der Waals surface area contributed by atoms with E-state index in [1.165, 1.54) is 18.2 Å². The van der Waals surface area contributed by atoms with Gasteiger partial charge >= 0.3 is 12.6 Å². The van der Waals surface area contributed by atoms with Gasteiger partial charge in [0, 0.05) is 24.3 Å². The second-order valence-corrected chi connectivity index (χ2v) is 14.3. The second-order valence-electron chi connectivity index (χ2n) is 10.3. The topological polar surface area (TPSA) is 109 Å². The standard InChI is InChI=1S/C29H28Cl2F2N2O7S2/c30-22-14-34(37)15-23(31)21(22)13-25(20-8-9-24(42-29(32)33)26(12-20)40-16-18-6-7-18)41-28(36)27-35(10-11-43-27)44(38,39)17-19-4-2-1-3-5-19/h1-5,8-9,12,14-15,18,25,27,29H,6-7,10-11,13,16-17H2/t25-,27-/m0/s1.